The van der Waals surface area contributed by atoms with Crippen molar-refractivity contribution < 1.29 is 4.79 Å². The lowest BCUT2D eigenvalue weighted by Gasteiger charge is -2.56. The number of benzene rings is 1. The number of carbonyl (C=O) groups is 1. The minimum absolute atomic E-state index is 0.110. The van der Waals surface area contributed by atoms with Crippen molar-refractivity contribution in [1.29, 1.82) is 0 Å². The summed E-state index contributed by atoms with van der Waals surface area (Å²) in [7, 11) is 0. The average molecular weight is 294 g/mol. The maximum absolute atomic E-state index is 12.9. The molecule has 3 nitrogen and oxygen atoms in total. The fraction of sp³-hybridized carbons (Fsp3) is 0.526. The number of hydrogen-bond donors (Lipinski definition) is 0. The highest BCUT2D eigenvalue weighted by Crippen LogP contribution is 2.54. The van der Waals surface area contributed by atoms with E-state index in [0.717, 1.165) is 31.3 Å². The molecule has 3 aliphatic rings. The highest BCUT2D eigenvalue weighted by Gasteiger charge is 2.54. The minimum Gasteiger partial charge on any atom is -0.292 e. The van der Waals surface area contributed by atoms with Crippen molar-refractivity contribution in [2.75, 3.05) is 13.1 Å². The number of rotatable bonds is 1. The standard InChI is InChI=1S/C19H22N2O/c1-2-19-13-6-5-10-20(19)11-9-15-14-7-3-4-8-16(14)21(18(15)19)17(22)12-13/h3-4,7-8,13H,2,5-6,9-12H2,1H3. The number of fused-ring (bicyclic) bond motifs is 3. The number of nitrogens with zero attached hydrogens (tertiary/aromatic N) is 2. The second-order valence-electron chi connectivity index (χ2n) is 7.13. The molecule has 0 bridgehead atoms. The first-order chi connectivity index (χ1) is 10.8. The van der Waals surface area contributed by atoms with Gasteiger partial charge in [-0.15, -0.1) is 0 Å². The van der Waals surface area contributed by atoms with E-state index in [0.29, 0.717) is 11.8 Å². The van der Waals surface area contributed by atoms with Crippen LogP contribution in [0.3, 0.4) is 0 Å². The number of carbonyl (C=O) groups excluding carboxylic acids is 1. The topological polar surface area (TPSA) is 25.2 Å². The summed E-state index contributed by atoms with van der Waals surface area (Å²) in [4.78, 5) is 15.6. The molecular formula is C19H22N2O. The fourth-order valence-electron chi connectivity index (χ4n) is 5.65. The van der Waals surface area contributed by atoms with Gasteiger partial charge < -0.3 is 0 Å². The average Bonchev–Trinajstić information content (AvgIpc) is 2.90. The number of hydrogen-bond acceptors (Lipinski definition) is 2. The van der Waals surface area contributed by atoms with Crippen LogP contribution in [0.4, 0.5) is 0 Å². The van der Waals surface area contributed by atoms with Crippen LogP contribution in [0.15, 0.2) is 24.3 Å². The minimum atomic E-state index is 0.110. The van der Waals surface area contributed by atoms with Gasteiger partial charge in [0.1, 0.15) is 0 Å². The van der Waals surface area contributed by atoms with Crippen molar-refractivity contribution in [3.63, 3.8) is 0 Å². The summed E-state index contributed by atoms with van der Waals surface area (Å²) in [6.07, 6.45) is 5.38. The SMILES string of the molecule is CCC12c3c4c5ccccc5n3C(=O)CC1CCCN2CC4. The first-order valence-electron chi connectivity index (χ1n) is 8.68. The lowest BCUT2D eigenvalue weighted by Crippen LogP contribution is -2.61. The molecule has 2 atom stereocenters. The van der Waals surface area contributed by atoms with Gasteiger partial charge in [-0.3, -0.25) is 14.3 Å². The first kappa shape index (κ1) is 12.9. The summed E-state index contributed by atoms with van der Waals surface area (Å²) >= 11 is 0. The molecule has 0 amide bonds. The molecule has 114 valence electrons. The Labute approximate surface area is 130 Å². The molecule has 3 heteroatoms. The molecule has 2 unspecified atom stereocenters. The molecule has 0 spiro atoms. The van der Waals surface area contributed by atoms with E-state index in [1.165, 1.54) is 36.0 Å². The van der Waals surface area contributed by atoms with Crippen LogP contribution in [0.25, 0.3) is 10.9 Å². The Morgan fingerprint density at radius 3 is 3.00 bits per heavy atom. The van der Waals surface area contributed by atoms with E-state index in [2.05, 4.69) is 40.7 Å². The lowest BCUT2D eigenvalue weighted by atomic mass is 9.66. The van der Waals surface area contributed by atoms with E-state index >= 15 is 0 Å². The summed E-state index contributed by atoms with van der Waals surface area (Å²) in [6, 6.07) is 8.51. The normalized spacial score (nSPS) is 30.6. The lowest BCUT2D eigenvalue weighted by molar-refractivity contribution is -0.0374. The second kappa shape index (κ2) is 4.23. The second-order valence-corrected chi connectivity index (χ2v) is 7.13. The maximum atomic E-state index is 12.9. The van der Waals surface area contributed by atoms with Crippen molar-refractivity contribution in [1.82, 2.24) is 9.47 Å². The van der Waals surface area contributed by atoms with Gasteiger partial charge in [-0.1, -0.05) is 25.1 Å². The Bertz CT molecular complexity index is 790. The van der Waals surface area contributed by atoms with Crippen LogP contribution in [0.5, 0.6) is 0 Å². The third kappa shape index (κ3) is 1.30. The zero-order valence-electron chi connectivity index (χ0n) is 13.1. The fourth-order valence-corrected chi connectivity index (χ4v) is 5.65. The van der Waals surface area contributed by atoms with Gasteiger partial charge in [0.2, 0.25) is 5.91 Å². The molecule has 1 aromatic heterocycles. The molecule has 3 aliphatic heterocycles. The molecule has 1 fully saturated rings. The van der Waals surface area contributed by atoms with Gasteiger partial charge >= 0.3 is 0 Å². The smallest absolute Gasteiger partial charge is 0.231 e. The number of piperidine rings is 1. The van der Waals surface area contributed by atoms with Crippen LogP contribution < -0.4 is 0 Å². The van der Waals surface area contributed by atoms with Gasteiger partial charge in [-0.2, -0.15) is 0 Å². The molecular weight excluding hydrogens is 272 g/mol. The molecule has 1 aromatic carbocycles. The molecule has 1 saturated heterocycles. The van der Waals surface area contributed by atoms with Gasteiger partial charge in [-0.05, 0) is 49.8 Å². The third-order valence-corrected chi connectivity index (χ3v) is 6.45. The zero-order chi connectivity index (χ0) is 14.9. The highest BCUT2D eigenvalue weighted by atomic mass is 16.2. The Morgan fingerprint density at radius 2 is 2.14 bits per heavy atom. The third-order valence-electron chi connectivity index (χ3n) is 6.45. The van der Waals surface area contributed by atoms with Crippen LogP contribution >= 0.6 is 0 Å². The Balaban J connectivity index is 1.93. The molecule has 22 heavy (non-hydrogen) atoms. The number of para-hydroxylation sites is 1. The molecule has 0 aliphatic carbocycles. The summed E-state index contributed by atoms with van der Waals surface area (Å²) in [5, 5.41) is 1.31. The van der Waals surface area contributed by atoms with Gasteiger partial charge in [0.15, 0.2) is 0 Å². The predicted octanol–water partition coefficient (Wildman–Crippen LogP) is 3.56. The van der Waals surface area contributed by atoms with Crippen molar-refractivity contribution >= 4 is 16.8 Å². The molecule has 5 rings (SSSR count). The van der Waals surface area contributed by atoms with Gasteiger partial charge in [-0.25, -0.2) is 0 Å². The van der Waals surface area contributed by atoms with E-state index in [9.17, 15) is 4.79 Å². The van der Waals surface area contributed by atoms with Gasteiger partial charge in [0.05, 0.1) is 16.7 Å². The quantitative estimate of drug-likeness (QED) is 0.803. The Kier molecular flexibility index (Phi) is 2.48. The van der Waals surface area contributed by atoms with Crippen LogP contribution in [0.1, 0.15) is 48.7 Å². The van der Waals surface area contributed by atoms with E-state index in [4.69, 9.17) is 0 Å². The molecule has 0 N–H and O–H groups in total. The zero-order valence-corrected chi connectivity index (χ0v) is 13.1. The largest absolute Gasteiger partial charge is 0.292 e. The molecule has 4 heterocycles. The summed E-state index contributed by atoms with van der Waals surface area (Å²) in [5.74, 6) is 0.824. The summed E-state index contributed by atoms with van der Waals surface area (Å²) < 4.78 is 2.09. The number of aromatic nitrogens is 1. The summed E-state index contributed by atoms with van der Waals surface area (Å²) in [5.41, 5.74) is 4.05. The van der Waals surface area contributed by atoms with Crippen molar-refractivity contribution in [3.8, 4) is 0 Å². The highest BCUT2D eigenvalue weighted by molar-refractivity contribution is 5.98. The molecule has 2 aromatic rings. The molecule has 0 saturated carbocycles. The van der Waals surface area contributed by atoms with E-state index in [-0.39, 0.29) is 5.54 Å². The first-order valence-corrected chi connectivity index (χ1v) is 8.68. The van der Waals surface area contributed by atoms with E-state index < -0.39 is 0 Å². The predicted molar refractivity (Wildman–Crippen MR) is 87.2 cm³/mol. The monoisotopic (exact) mass is 294 g/mol. The van der Waals surface area contributed by atoms with Crippen LogP contribution in [-0.2, 0) is 12.0 Å². The summed E-state index contributed by atoms with van der Waals surface area (Å²) in [6.45, 7) is 4.66. The van der Waals surface area contributed by atoms with E-state index in [1.807, 2.05) is 0 Å². The maximum Gasteiger partial charge on any atom is 0.231 e. The van der Waals surface area contributed by atoms with Crippen LogP contribution in [0, 0.1) is 5.92 Å². The van der Waals surface area contributed by atoms with Crippen molar-refractivity contribution in [2.45, 2.75) is 44.6 Å². The van der Waals surface area contributed by atoms with Crippen molar-refractivity contribution in [3.05, 3.63) is 35.5 Å². The van der Waals surface area contributed by atoms with E-state index in [1.54, 1.807) is 0 Å². The Morgan fingerprint density at radius 1 is 1.27 bits per heavy atom. The Hall–Kier alpha value is -1.61. The van der Waals surface area contributed by atoms with Gasteiger partial charge in [0.25, 0.3) is 0 Å². The van der Waals surface area contributed by atoms with Crippen LogP contribution in [-0.4, -0.2) is 28.5 Å². The van der Waals surface area contributed by atoms with Crippen LogP contribution in [0.2, 0.25) is 0 Å². The van der Waals surface area contributed by atoms with Crippen molar-refractivity contribution in [2.24, 2.45) is 5.92 Å². The van der Waals surface area contributed by atoms with Gasteiger partial charge in [0, 0.05) is 18.4 Å². The molecule has 0 radical (unpaired) electrons.